The first-order valence-corrected chi connectivity index (χ1v) is 11.5. The Hall–Kier alpha value is -4.66. The smallest absolute Gasteiger partial charge is 0.273 e. The molecule has 182 valence electrons. The van der Waals surface area contributed by atoms with Crippen molar-refractivity contribution in [2.75, 3.05) is 18.1 Å². The zero-order valence-corrected chi connectivity index (χ0v) is 19.5. The van der Waals surface area contributed by atoms with Crippen LogP contribution in [0.15, 0.2) is 72.8 Å². The third-order valence-corrected chi connectivity index (χ3v) is 6.07. The lowest BCUT2D eigenvalue weighted by Crippen LogP contribution is -2.54. The van der Waals surface area contributed by atoms with Gasteiger partial charge in [-0.25, -0.2) is 9.91 Å². The number of amides is 4. The van der Waals surface area contributed by atoms with Crippen LogP contribution >= 0.6 is 0 Å². The molecule has 0 aliphatic carbocycles. The number of anilines is 1. The first-order chi connectivity index (χ1) is 17.4. The molecule has 0 radical (unpaired) electrons. The molecule has 1 unspecified atom stereocenters. The molecule has 1 fully saturated rings. The zero-order valence-electron chi connectivity index (χ0n) is 19.5. The van der Waals surface area contributed by atoms with E-state index in [4.69, 9.17) is 9.47 Å². The SMILES string of the molecule is Cc1ccccc1C(=O)N(NC(=O)c1ccccc1)C1CC(=O)N(c2ccc3c(c2)OCCO3)C1=O. The average Bonchev–Trinajstić information content (AvgIpc) is 3.20. The van der Waals surface area contributed by atoms with E-state index in [9.17, 15) is 19.2 Å². The molecule has 9 nitrogen and oxygen atoms in total. The maximum absolute atomic E-state index is 13.6. The number of benzene rings is 3. The van der Waals surface area contributed by atoms with Crippen molar-refractivity contribution < 1.29 is 28.7 Å². The summed E-state index contributed by atoms with van der Waals surface area (Å²) in [5, 5.41) is 0.968. The molecule has 5 rings (SSSR count). The van der Waals surface area contributed by atoms with Crippen LogP contribution in [0.25, 0.3) is 0 Å². The minimum atomic E-state index is -1.23. The van der Waals surface area contributed by atoms with Gasteiger partial charge in [-0.15, -0.1) is 0 Å². The fourth-order valence-corrected chi connectivity index (χ4v) is 4.24. The quantitative estimate of drug-likeness (QED) is 0.450. The highest BCUT2D eigenvalue weighted by Gasteiger charge is 2.46. The van der Waals surface area contributed by atoms with Crippen LogP contribution in [-0.4, -0.2) is 47.9 Å². The molecule has 1 atom stereocenters. The number of ether oxygens (including phenoxy) is 2. The largest absolute Gasteiger partial charge is 0.486 e. The molecule has 36 heavy (non-hydrogen) atoms. The number of hydrazine groups is 1. The van der Waals surface area contributed by atoms with E-state index >= 15 is 0 Å². The summed E-state index contributed by atoms with van der Waals surface area (Å²) in [7, 11) is 0. The minimum Gasteiger partial charge on any atom is -0.486 e. The maximum Gasteiger partial charge on any atom is 0.273 e. The Morgan fingerprint density at radius 3 is 2.36 bits per heavy atom. The summed E-state index contributed by atoms with van der Waals surface area (Å²) in [5.41, 5.74) is 4.16. The molecule has 9 heteroatoms. The number of nitrogens with zero attached hydrogens (tertiary/aromatic N) is 2. The number of aryl methyl sites for hydroxylation is 1. The molecule has 1 saturated heterocycles. The lowest BCUT2D eigenvalue weighted by atomic mass is 10.1. The summed E-state index contributed by atoms with van der Waals surface area (Å²) < 4.78 is 11.1. The number of hydrogen-bond donors (Lipinski definition) is 1. The van der Waals surface area contributed by atoms with Crippen molar-refractivity contribution >= 4 is 29.3 Å². The van der Waals surface area contributed by atoms with Crippen LogP contribution in [0.5, 0.6) is 11.5 Å². The van der Waals surface area contributed by atoms with Crippen LogP contribution in [0.4, 0.5) is 5.69 Å². The predicted octanol–water partition coefficient (Wildman–Crippen LogP) is 2.89. The van der Waals surface area contributed by atoms with Crippen LogP contribution in [0.2, 0.25) is 0 Å². The van der Waals surface area contributed by atoms with Gasteiger partial charge >= 0.3 is 0 Å². The molecule has 0 saturated carbocycles. The number of rotatable bonds is 4. The highest BCUT2D eigenvalue weighted by molar-refractivity contribution is 6.23. The van der Waals surface area contributed by atoms with E-state index in [1.165, 1.54) is 0 Å². The lowest BCUT2D eigenvalue weighted by molar-refractivity contribution is -0.122. The van der Waals surface area contributed by atoms with E-state index < -0.39 is 29.7 Å². The molecule has 2 aliphatic rings. The Labute approximate surface area is 207 Å². The van der Waals surface area contributed by atoms with E-state index in [2.05, 4.69) is 5.43 Å². The van der Waals surface area contributed by atoms with Gasteiger partial charge in [0.05, 0.1) is 12.1 Å². The fourth-order valence-electron chi connectivity index (χ4n) is 4.24. The van der Waals surface area contributed by atoms with Crippen molar-refractivity contribution in [3.8, 4) is 11.5 Å². The average molecular weight is 485 g/mol. The van der Waals surface area contributed by atoms with Crippen molar-refractivity contribution in [3.63, 3.8) is 0 Å². The van der Waals surface area contributed by atoms with Crippen LogP contribution in [0.3, 0.4) is 0 Å². The second-order valence-corrected chi connectivity index (χ2v) is 8.41. The van der Waals surface area contributed by atoms with Crippen LogP contribution in [0.1, 0.15) is 32.7 Å². The van der Waals surface area contributed by atoms with E-state index in [0.717, 1.165) is 9.91 Å². The number of carbonyl (C=O) groups excluding carboxylic acids is 4. The number of hydrogen-bond acceptors (Lipinski definition) is 6. The number of fused-ring (bicyclic) bond motifs is 1. The Bertz CT molecular complexity index is 1360. The molecule has 0 bridgehead atoms. The third kappa shape index (κ3) is 4.26. The Morgan fingerprint density at radius 2 is 1.61 bits per heavy atom. The van der Waals surface area contributed by atoms with Crippen LogP contribution in [-0.2, 0) is 9.59 Å². The van der Waals surface area contributed by atoms with Crippen molar-refractivity contribution in [3.05, 3.63) is 89.5 Å². The van der Waals surface area contributed by atoms with Gasteiger partial charge < -0.3 is 9.47 Å². The van der Waals surface area contributed by atoms with E-state index in [1.807, 2.05) is 0 Å². The molecule has 4 amide bonds. The van der Waals surface area contributed by atoms with Gasteiger partial charge in [-0.2, -0.15) is 0 Å². The van der Waals surface area contributed by atoms with Gasteiger partial charge in [-0.05, 0) is 42.8 Å². The number of nitrogens with one attached hydrogen (secondary N) is 1. The standard InChI is InChI=1S/C27H23N3O6/c1-17-7-5-6-10-20(17)26(33)30(28-25(32)18-8-3-2-4-9-18)21-16-24(31)29(27(21)34)19-11-12-22-23(15-19)36-14-13-35-22/h2-12,15,21H,13-14,16H2,1H3,(H,28,32). The molecular weight excluding hydrogens is 462 g/mol. The van der Waals surface area contributed by atoms with Crippen molar-refractivity contribution in [2.24, 2.45) is 0 Å². The number of imide groups is 1. The Kier molecular flexibility index (Phi) is 6.12. The molecule has 2 heterocycles. The number of carbonyl (C=O) groups is 4. The van der Waals surface area contributed by atoms with Crippen molar-refractivity contribution in [2.45, 2.75) is 19.4 Å². The second kappa shape index (κ2) is 9.53. The Morgan fingerprint density at radius 1 is 0.917 bits per heavy atom. The van der Waals surface area contributed by atoms with Crippen LogP contribution in [0, 0.1) is 6.92 Å². The molecule has 2 aliphatic heterocycles. The van der Waals surface area contributed by atoms with Gasteiger partial charge in [0.25, 0.3) is 17.7 Å². The minimum absolute atomic E-state index is 0.292. The fraction of sp³-hybridized carbons (Fsp3) is 0.185. The zero-order chi connectivity index (χ0) is 25.2. The molecule has 3 aromatic rings. The lowest BCUT2D eigenvalue weighted by Gasteiger charge is -2.28. The molecule has 0 spiro atoms. The van der Waals surface area contributed by atoms with Crippen molar-refractivity contribution in [1.29, 1.82) is 0 Å². The summed E-state index contributed by atoms with van der Waals surface area (Å²) in [5.74, 6) is -1.35. The highest BCUT2D eigenvalue weighted by Crippen LogP contribution is 2.36. The second-order valence-electron chi connectivity index (χ2n) is 8.41. The molecule has 0 aromatic heterocycles. The van der Waals surface area contributed by atoms with Crippen molar-refractivity contribution in [1.82, 2.24) is 10.4 Å². The summed E-state index contributed by atoms with van der Waals surface area (Å²) >= 11 is 0. The van der Waals surface area contributed by atoms with Gasteiger partial charge in [-0.3, -0.25) is 24.6 Å². The van der Waals surface area contributed by atoms with Gasteiger partial charge in [0.1, 0.15) is 19.3 Å². The summed E-state index contributed by atoms with van der Waals surface area (Å²) in [6, 6.07) is 18.7. The van der Waals surface area contributed by atoms with Gasteiger partial charge in [0.15, 0.2) is 11.5 Å². The topological polar surface area (TPSA) is 105 Å². The molecule has 3 aromatic carbocycles. The molecule has 1 N–H and O–H groups in total. The summed E-state index contributed by atoms with van der Waals surface area (Å²) in [4.78, 5) is 54.2. The normalized spacial score (nSPS) is 16.6. The first kappa shape index (κ1) is 23.1. The highest BCUT2D eigenvalue weighted by atomic mass is 16.6. The summed E-state index contributed by atoms with van der Waals surface area (Å²) in [6.45, 7) is 2.52. The van der Waals surface area contributed by atoms with E-state index in [0.29, 0.717) is 47.1 Å². The first-order valence-electron chi connectivity index (χ1n) is 11.5. The van der Waals surface area contributed by atoms with E-state index in [1.54, 1.807) is 79.7 Å². The Balaban J connectivity index is 1.48. The maximum atomic E-state index is 13.6. The van der Waals surface area contributed by atoms with Gasteiger partial charge in [-0.1, -0.05) is 36.4 Å². The summed E-state index contributed by atoms with van der Waals surface area (Å²) in [6.07, 6.45) is -0.292. The van der Waals surface area contributed by atoms with Gasteiger partial charge in [0, 0.05) is 17.2 Å². The van der Waals surface area contributed by atoms with Gasteiger partial charge in [0.2, 0.25) is 5.91 Å². The van der Waals surface area contributed by atoms with E-state index in [-0.39, 0.29) is 6.42 Å². The third-order valence-electron chi connectivity index (χ3n) is 6.07. The van der Waals surface area contributed by atoms with Crippen LogP contribution < -0.4 is 19.8 Å². The molecular formula is C27H23N3O6. The predicted molar refractivity (Wildman–Crippen MR) is 130 cm³/mol. The monoisotopic (exact) mass is 485 g/mol.